The lowest BCUT2D eigenvalue weighted by molar-refractivity contribution is -0.148. The molecule has 0 saturated carbocycles. The number of hydrogen-bond acceptors (Lipinski definition) is 5. The maximum atomic E-state index is 12.5. The summed E-state index contributed by atoms with van der Waals surface area (Å²) in [6.45, 7) is 2.80. The fourth-order valence-corrected chi connectivity index (χ4v) is 3.66. The highest BCUT2D eigenvalue weighted by Crippen LogP contribution is 2.32. The number of benzene rings is 2. The van der Waals surface area contributed by atoms with Crippen molar-refractivity contribution in [2.45, 2.75) is 17.9 Å². The fraction of sp³-hybridized carbons (Fsp3) is 0.278. The molecule has 1 saturated heterocycles. The van der Waals surface area contributed by atoms with E-state index in [1.807, 2.05) is 6.92 Å². The van der Waals surface area contributed by atoms with Gasteiger partial charge in [0.25, 0.3) is 0 Å². The number of carbonyl (C=O) groups excluding carboxylic acids is 1. The number of para-hydroxylation sites is 1. The van der Waals surface area contributed by atoms with E-state index in [4.69, 9.17) is 8.92 Å². The Morgan fingerprint density at radius 3 is 2.52 bits per heavy atom. The van der Waals surface area contributed by atoms with Gasteiger partial charge in [0.05, 0.1) is 6.54 Å². The van der Waals surface area contributed by atoms with Crippen LogP contribution in [0.1, 0.15) is 18.6 Å². The molecule has 1 atom stereocenters. The van der Waals surface area contributed by atoms with Crippen LogP contribution in [0.25, 0.3) is 0 Å². The van der Waals surface area contributed by atoms with E-state index in [1.165, 1.54) is 12.1 Å². The molecule has 3 rings (SSSR count). The van der Waals surface area contributed by atoms with Gasteiger partial charge in [0, 0.05) is 12.1 Å². The zero-order valence-corrected chi connectivity index (χ0v) is 14.6. The van der Waals surface area contributed by atoms with Gasteiger partial charge >= 0.3 is 10.1 Å². The molecule has 0 radical (unpaired) electrons. The van der Waals surface area contributed by atoms with Crippen molar-refractivity contribution < 1.29 is 22.1 Å². The predicted molar refractivity (Wildman–Crippen MR) is 91.6 cm³/mol. The molecule has 132 valence electrons. The van der Waals surface area contributed by atoms with Crippen molar-refractivity contribution in [3.63, 3.8) is 0 Å². The van der Waals surface area contributed by atoms with Crippen molar-refractivity contribution in [2.75, 3.05) is 19.7 Å². The SMILES string of the molecule is CCN1C[C@H](c2ccccc2OS(=O)(=O)c2ccccc2)OCC1=O. The Balaban J connectivity index is 1.88. The van der Waals surface area contributed by atoms with E-state index in [0.717, 1.165) is 0 Å². The van der Waals surface area contributed by atoms with Gasteiger partial charge in [-0.25, -0.2) is 0 Å². The van der Waals surface area contributed by atoms with Gasteiger partial charge in [0.15, 0.2) is 0 Å². The molecule has 1 aliphatic rings. The van der Waals surface area contributed by atoms with Gasteiger partial charge in [0.2, 0.25) is 5.91 Å². The van der Waals surface area contributed by atoms with Crippen molar-refractivity contribution in [1.82, 2.24) is 4.90 Å². The highest BCUT2D eigenvalue weighted by molar-refractivity contribution is 7.87. The average Bonchev–Trinajstić information content (AvgIpc) is 2.63. The number of hydrogen-bond donors (Lipinski definition) is 0. The Hall–Kier alpha value is -2.38. The van der Waals surface area contributed by atoms with Gasteiger partial charge in [-0.15, -0.1) is 0 Å². The summed E-state index contributed by atoms with van der Waals surface area (Å²) in [6, 6.07) is 14.8. The number of nitrogens with zero attached hydrogens (tertiary/aromatic N) is 1. The molecule has 1 heterocycles. The minimum atomic E-state index is -3.94. The fourth-order valence-electron chi connectivity index (χ4n) is 2.69. The lowest BCUT2D eigenvalue weighted by atomic mass is 10.1. The number of morpholine rings is 1. The third-order valence-electron chi connectivity index (χ3n) is 4.03. The number of carbonyl (C=O) groups is 1. The minimum absolute atomic E-state index is 0.0295. The Morgan fingerprint density at radius 1 is 1.12 bits per heavy atom. The van der Waals surface area contributed by atoms with Crippen LogP contribution < -0.4 is 4.18 Å². The predicted octanol–water partition coefficient (Wildman–Crippen LogP) is 2.37. The second kappa shape index (κ2) is 7.25. The number of ether oxygens (including phenoxy) is 1. The minimum Gasteiger partial charge on any atom is -0.379 e. The van der Waals surface area contributed by atoms with Crippen LogP contribution in [-0.4, -0.2) is 38.9 Å². The number of amides is 1. The molecule has 6 nitrogen and oxygen atoms in total. The van der Waals surface area contributed by atoms with E-state index < -0.39 is 16.2 Å². The Bertz CT molecular complexity index is 851. The summed E-state index contributed by atoms with van der Waals surface area (Å²) >= 11 is 0. The van der Waals surface area contributed by atoms with E-state index in [-0.39, 0.29) is 23.2 Å². The largest absolute Gasteiger partial charge is 0.379 e. The van der Waals surface area contributed by atoms with E-state index in [0.29, 0.717) is 18.7 Å². The molecule has 0 bridgehead atoms. The molecule has 1 aliphatic heterocycles. The van der Waals surface area contributed by atoms with Gasteiger partial charge in [-0.05, 0) is 25.1 Å². The normalized spacial score (nSPS) is 18.2. The number of rotatable bonds is 5. The van der Waals surface area contributed by atoms with Gasteiger partial charge in [-0.3, -0.25) is 4.79 Å². The number of likely N-dealkylation sites (N-methyl/N-ethyl adjacent to an activating group) is 1. The smallest absolute Gasteiger partial charge is 0.339 e. The molecule has 0 N–H and O–H groups in total. The maximum Gasteiger partial charge on any atom is 0.339 e. The summed E-state index contributed by atoms with van der Waals surface area (Å²) in [7, 11) is -3.94. The summed E-state index contributed by atoms with van der Waals surface area (Å²) in [5.41, 5.74) is 0.605. The van der Waals surface area contributed by atoms with Crippen LogP contribution in [-0.2, 0) is 19.6 Å². The van der Waals surface area contributed by atoms with Crippen LogP contribution in [0, 0.1) is 0 Å². The van der Waals surface area contributed by atoms with Gasteiger partial charge in [-0.2, -0.15) is 8.42 Å². The molecule has 1 fully saturated rings. The standard InChI is InChI=1S/C18H19NO5S/c1-2-19-12-17(23-13-18(19)20)15-10-6-7-11-16(15)24-25(21,22)14-8-4-3-5-9-14/h3-11,17H,2,12-13H2,1H3/t17-/m1/s1. The first-order chi connectivity index (χ1) is 12.0. The van der Waals surface area contributed by atoms with Crippen LogP contribution in [0.2, 0.25) is 0 Å². The van der Waals surface area contributed by atoms with Crippen LogP contribution in [0.3, 0.4) is 0 Å². The lowest BCUT2D eigenvalue weighted by Crippen LogP contribution is -2.42. The van der Waals surface area contributed by atoms with Crippen LogP contribution in [0.15, 0.2) is 59.5 Å². The van der Waals surface area contributed by atoms with E-state index >= 15 is 0 Å². The molecule has 0 spiro atoms. The first-order valence-electron chi connectivity index (χ1n) is 7.99. The third-order valence-corrected chi connectivity index (χ3v) is 5.27. The van der Waals surface area contributed by atoms with Crippen molar-refractivity contribution in [2.24, 2.45) is 0 Å². The molecule has 0 unspecified atom stereocenters. The summed E-state index contributed by atoms with van der Waals surface area (Å²) in [5.74, 6) is 0.135. The molecular weight excluding hydrogens is 342 g/mol. The average molecular weight is 361 g/mol. The molecule has 1 amide bonds. The summed E-state index contributed by atoms with van der Waals surface area (Å²) in [4.78, 5) is 13.5. The first kappa shape index (κ1) is 17.4. The molecule has 25 heavy (non-hydrogen) atoms. The summed E-state index contributed by atoms with van der Waals surface area (Å²) in [5, 5.41) is 0. The zero-order chi connectivity index (χ0) is 17.9. The molecule has 2 aromatic carbocycles. The van der Waals surface area contributed by atoms with Gasteiger partial charge < -0.3 is 13.8 Å². The van der Waals surface area contributed by atoms with E-state index in [9.17, 15) is 13.2 Å². The molecule has 7 heteroatoms. The van der Waals surface area contributed by atoms with Crippen molar-refractivity contribution in [3.8, 4) is 5.75 Å². The molecule has 0 aromatic heterocycles. The van der Waals surface area contributed by atoms with Crippen LogP contribution >= 0.6 is 0 Å². The van der Waals surface area contributed by atoms with Crippen molar-refractivity contribution >= 4 is 16.0 Å². The van der Waals surface area contributed by atoms with Crippen molar-refractivity contribution in [1.29, 1.82) is 0 Å². The van der Waals surface area contributed by atoms with E-state index in [1.54, 1.807) is 47.4 Å². The van der Waals surface area contributed by atoms with Crippen LogP contribution in [0.5, 0.6) is 5.75 Å². The molecule has 0 aliphatic carbocycles. The quantitative estimate of drug-likeness (QED) is 0.765. The summed E-state index contributed by atoms with van der Waals surface area (Å²) < 4.78 is 35.9. The lowest BCUT2D eigenvalue weighted by Gasteiger charge is -2.32. The second-order valence-corrected chi connectivity index (χ2v) is 7.17. The van der Waals surface area contributed by atoms with Gasteiger partial charge in [-0.1, -0.05) is 36.4 Å². The summed E-state index contributed by atoms with van der Waals surface area (Å²) in [6.07, 6.45) is -0.431. The zero-order valence-electron chi connectivity index (χ0n) is 13.8. The monoisotopic (exact) mass is 361 g/mol. The van der Waals surface area contributed by atoms with Gasteiger partial charge in [0.1, 0.15) is 23.4 Å². The highest BCUT2D eigenvalue weighted by Gasteiger charge is 2.29. The topological polar surface area (TPSA) is 72.9 Å². The highest BCUT2D eigenvalue weighted by atomic mass is 32.2. The van der Waals surface area contributed by atoms with E-state index in [2.05, 4.69) is 0 Å². The Kier molecular flexibility index (Phi) is 5.06. The second-order valence-electron chi connectivity index (χ2n) is 5.62. The first-order valence-corrected chi connectivity index (χ1v) is 9.40. The Labute approximate surface area is 147 Å². The van der Waals surface area contributed by atoms with Crippen molar-refractivity contribution in [3.05, 3.63) is 60.2 Å². The molecular formula is C18H19NO5S. The Morgan fingerprint density at radius 2 is 1.80 bits per heavy atom. The third kappa shape index (κ3) is 3.83. The van der Waals surface area contributed by atoms with Crippen LogP contribution in [0.4, 0.5) is 0 Å². The molecule has 2 aromatic rings. The maximum absolute atomic E-state index is 12.5.